The Labute approximate surface area is 147 Å². The van der Waals surface area contributed by atoms with Crippen molar-refractivity contribution in [3.63, 3.8) is 0 Å². The van der Waals surface area contributed by atoms with Crippen LogP contribution in [0.1, 0.15) is 43.7 Å². The first-order valence-corrected chi connectivity index (χ1v) is 9.00. The number of rotatable bonds is 7. The number of carbonyl (C=O) groups excluding carboxylic acids is 1. The monoisotopic (exact) mass is 356 g/mol. The number of halogens is 3. The number of alkyl halides is 3. The molecule has 0 aromatic heterocycles. The van der Waals surface area contributed by atoms with Crippen LogP contribution >= 0.6 is 0 Å². The van der Waals surface area contributed by atoms with Gasteiger partial charge in [-0.05, 0) is 62.4 Å². The molecule has 1 fully saturated rings. The van der Waals surface area contributed by atoms with Gasteiger partial charge in [-0.15, -0.1) is 0 Å². The van der Waals surface area contributed by atoms with Gasteiger partial charge in [0.05, 0.1) is 12.0 Å². The van der Waals surface area contributed by atoms with E-state index in [-0.39, 0.29) is 12.3 Å². The highest BCUT2D eigenvalue weighted by molar-refractivity contribution is 5.78. The van der Waals surface area contributed by atoms with E-state index in [1.807, 2.05) is 0 Å². The summed E-state index contributed by atoms with van der Waals surface area (Å²) >= 11 is 0. The molecular weight excluding hydrogens is 329 g/mol. The van der Waals surface area contributed by atoms with E-state index in [2.05, 4.69) is 17.1 Å². The highest BCUT2D eigenvalue weighted by Gasteiger charge is 2.29. The van der Waals surface area contributed by atoms with Gasteiger partial charge in [-0.2, -0.15) is 13.2 Å². The number of carbonyl (C=O) groups is 1. The summed E-state index contributed by atoms with van der Waals surface area (Å²) in [5.74, 6) is 0.628. The third kappa shape index (κ3) is 7.06. The van der Waals surface area contributed by atoms with E-state index in [1.54, 1.807) is 0 Å². The number of nitrogens with one attached hydrogen (secondary N) is 1. The maximum Gasteiger partial charge on any atom is 0.416 e. The fourth-order valence-corrected chi connectivity index (χ4v) is 3.24. The Morgan fingerprint density at radius 1 is 1.24 bits per heavy atom. The molecule has 0 spiro atoms. The second-order valence-electron chi connectivity index (χ2n) is 6.98. The minimum atomic E-state index is -4.34. The van der Waals surface area contributed by atoms with Crippen molar-refractivity contribution >= 4 is 5.91 Å². The molecule has 25 heavy (non-hydrogen) atoms. The highest BCUT2D eigenvalue weighted by Crippen LogP contribution is 2.29. The molecule has 1 aliphatic heterocycles. The maximum atomic E-state index is 12.5. The molecule has 1 N–H and O–H groups in total. The second-order valence-corrected chi connectivity index (χ2v) is 6.98. The van der Waals surface area contributed by atoms with E-state index in [4.69, 9.17) is 0 Å². The third-order valence-electron chi connectivity index (χ3n) is 4.61. The average Bonchev–Trinajstić information content (AvgIpc) is 2.54. The largest absolute Gasteiger partial charge is 0.416 e. The van der Waals surface area contributed by atoms with Gasteiger partial charge in [-0.25, -0.2) is 0 Å². The van der Waals surface area contributed by atoms with Crippen LogP contribution in [0.25, 0.3) is 0 Å². The van der Waals surface area contributed by atoms with Gasteiger partial charge < -0.3 is 10.2 Å². The Hall–Kier alpha value is -1.56. The van der Waals surface area contributed by atoms with Gasteiger partial charge in [0.2, 0.25) is 5.91 Å². The number of nitrogens with zero attached hydrogens (tertiary/aromatic N) is 1. The average molecular weight is 356 g/mol. The molecule has 0 aliphatic carbocycles. The number of likely N-dealkylation sites (tertiary alicyclic amines) is 1. The zero-order chi connectivity index (χ0) is 18.3. The maximum absolute atomic E-state index is 12.5. The molecule has 1 heterocycles. The molecule has 0 bridgehead atoms. The van der Waals surface area contributed by atoms with Crippen LogP contribution in [0.2, 0.25) is 0 Å². The fourth-order valence-electron chi connectivity index (χ4n) is 3.24. The molecule has 1 amide bonds. The third-order valence-corrected chi connectivity index (χ3v) is 4.61. The van der Waals surface area contributed by atoms with Gasteiger partial charge in [-0.3, -0.25) is 4.79 Å². The van der Waals surface area contributed by atoms with Crippen molar-refractivity contribution in [2.45, 2.75) is 45.2 Å². The van der Waals surface area contributed by atoms with Gasteiger partial charge in [0.15, 0.2) is 0 Å². The topological polar surface area (TPSA) is 32.3 Å². The first-order chi connectivity index (χ1) is 11.8. The minimum Gasteiger partial charge on any atom is -0.356 e. The molecule has 1 aromatic rings. The molecule has 1 unspecified atom stereocenters. The van der Waals surface area contributed by atoms with Gasteiger partial charge in [-0.1, -0.05) is 19.1 Å². The summed E-state index contributed by atoms with van der Waals surface area (Å²) < 4.78 is 37.5. The SMILES string of the molecule is CC1CCCN(CCCCNC(=O)Cc2ccc(C(F)(F)F)cc2)C1. The van der Waals surface area contributed by atoms with Gasteiger partial charge >= 0.3 is 6.18 Å². The van der Waals surface area contributed by atoms with E-state index < -0.39 is 11.7 Å². The molecule has 1 atom stereocenters. The molecule has 1 saturated heterocycles. The molecule has 2 rings (SSSR count). The Morgan fingerprint density at radius 2 is 1.96 bits per heavy atom. The molecule has 1 aromatic carbocycles. The minimum absolute atomic E-state index is 0.113. The summed E-state index contributed by atoms with van der Waals surface area (Å²) in [7, 11) is 0. The summed E-state index contributed by atoms with van der Waals surface area (Å²) in [6.45, 7) is 6.31. The predicted molar refractivity (Wildman–Crippen MR) is 92.2 cm³/mol. The molecule has 1 aliphatic rings. The van der Waals surface area contributed by atoms with Crippen LogP contribution in [0.3, 0.4) is 0 Å². The second kappa shape index (κ2) is 9.22. The molecular formula is C19H27F3N2O. The van der Waals surface area contributed by atoms with E-state index in [1.165, 1.54) is 38.1 Å². The predicted octanol–water partition coefficient (Wildman–Crippen LogP) is 3.88. The van der Waals surface area contributed by atoms with E-state index in [0.717, 1.165) is 37.4 Å². The molecule has 0 radical (unpaired) electrons. The molecule has 140 valence electrons. The van der Waals surface area contributed by atoms with E-state index in [0.29, 0.717) is 12.1 Å². The van der Waals surface area contributed by atoms with Crippen LogP contribution < -0.4 is 5.32 Å². The van der Waals surface area contributed by atoms with Crippen LogP contribution in [-0.4, -0.2) is 37.0 Å². The number of benzene rings is 1. The lowest BCUT2D eigenvalue weighted by Crippen LogP contribution is -2.35. The van der Waals surface area contributed by atoms with Crippen molar-refractivity contribution in [1.29, 1.82) is 0 Å². The van der Waals surface area contributed by atoms with E-state index in [9.17, 15) is 18.0 Å². The number of piperidine rings is 1. The van der Waals surface area contributed by atoms with Crippen molar-refractivity contribution < 1.29 is 18.0 Å². The summed E-state index contributed by atoms with van der Waals surface area (Å²) in [4.78, 5) is 14.3. The van der Waals surface area contributed by atoms with E-state index >= 15 is 0 Å². The smallest absolute Gasteiger partial charge is 0.356 e. The number of unbranched alkanes of at least 4 members (excludes halogenated alkanes) is 1. The summed E-state index contributed by atoms with van der Waals surface area (Å²) in [5, 5.41) is 2.84. The van der Waals surface area contributed by atoms with Gasteiger partial charge in [0.25, 0.3) is 0 Å². The van der Waals surface area contributed by atoms with Crippen LogP contribution in [0.4, 0.5) is 13.2 Å². The lowest BCUT2D eigenvalue weighted by atomic mass is 10.0. The Balaban J connectivity index is 1.61. The van der Waals surface area contributed by atoms with Gasteiger partial charge in [0.1, 0.15) is 0 Å². The first-order valence-electron chi connectivity index (χ1n) is 9.00. The Bertz CT molecular complexity index is 543. The normalized spacial score (nSPS) is 19.0. The quantitative estimate of drug-likeness (QED) is 0.752. The molecule has 3 nitrogen and oxygen atoms in total. The molecule has 0 saturated carbocycles. The highest BCUT2D eigenvalue weighted by atomic mass is 19.4. The summed E-state index contributed by atoms with van der Waals surface area (Å²) in [6, 6.07) is 4.75. The van der Waals surface area contributed by atoms with Crippen molar-refractivity contribution in [2.75, 3.05) is 26.2 Å². The van der Waals surface area contributed by atoms with Crippen molar-refractivity contribution in [2.24, 2.45) is 5.92 Å². The Morgan fingerprint density at radius 3 is 2.60 bits per heavy atom. The van der Waals surface area contributed by atoms with Crippen LogP contribution in [0.15, 0.2) is 24.3 Å². The number of hydrogen-bond donors (Lipinski definition) is 1. The lowest BCUT2D eigenvalue weighted by molar-refractivity contribution is -0.137. The van der Waals surface area contributed by atoms with Crippen LogP contribution in [0, 0.1) is 5.92 Å². The lowest BCUT2D eigenvalue weighted by Gasteiger charge is -2.30. The van der Waals surface area contributed by atoms with Crippen LogP contribution in [0.5, 0.6) is 0 Å². The van der Waals surface area contributed by atoms with Crippen LogP contribution in [-0.2, 0) is 17.4 Å². The Kier molecular flexibility index (Phi) is 7.29. The molecule has 6 heteroatoms. The summed E-state index contributed by atoms with van der Waals surface area (Å²) in [6.07, 6.45) is 0.327. The fraction of sp³-hybridized carbons (Fsp3) is 0.632. The number of amides is 1. The standard InChI is InChI=1S/C19H27F3N2O/c1-15-5-4-12-24(14-15)11-3-2-10-23-18(25)13-16-6-8-17(9-7-16)19(20,21)22/h6-9,15H,2-5,10-14H2,1H3,(H,23,25). The zero-order valence-corrected chi connectivity index (χ0v) is 14.7. The summed E-state index contributed by atoms with van der Waals surface area (Å²) in [5.41, 5.74) is -0.100. The van der Waals surface area contributed by atoms with Crippen molar-refractivity contribution in [1.82, 2.24) is 10.2 Å². The first kappa shape index (κ1) is 19.8. The number of hydrogen-bond acceptors (Lipinski definition) is 2. The van der Waals surface area contributed by atoms with Crippen molar-refractivity contribution in [3.05, 3.63) is 35.4 Å². The van der Waals surface area contributed by atoms with Crippen molar-refractivity contribution in [3.8, 4) is 0 Å². The zero-order valence-electron chi connectivity index (χ0n) is 14.7. The van der Waals surface area contributed by atoms with Gasteiger partial charge in [0, 0.05) is 13.1 Å².